The lowest BCUT2D eigenvalue weighted by molar-refractivity contribution is -0.0197. The number of amides is 1. The highest BCUT2D eigenvalue weighted by Crippen LogP contribution is 2.50. The Labute approximate surface area is 228 Å². The highest BCUT2D eigenvalue weighted by atomic mass is 32.2. The van der Waals surface area contributed by atoms with Crippen LogP contribution in [0.5, 0.6) is 5.75 Å². The number of benzene rings is 2. The van der Waals surface area contributed by atoms with Crippen molar-refractivity contribution in [3.8, 4) is 5.75 Å². The minimum atomic E-state index is -0.913. The molecular weight excluding hydrogens is 524 g/mol. The van der Waals surface area contributed by atoms with E-state index in [1.807, 2.05) is 5.01 Å². The van der Waals surface area contributed by atoms with Crippen LogP contribution in [0.1, 0.15) is 58.2 Å². The van der Waals surface area contributed by atoms with Crippen LogP contribution in [0.3, 0.4) is 0 Å². The van der Waals surface area contributed by atoms with Crippen molar-refractivity contribution >= 4 is 17.7 Å². The smallest absolute Gasteiger partial charge is 0.278 e. The molecule has 0 saturated carbocycles. The molecule has 1 amide bonds. The first-order valence-electron chi connectivity index (χ1n) is 13.0. The number of hydrogen-bond donors (Lipinski definition) is 1. The summed E-state index contributed by atoms with van der Waals surface area (Å²) in [5, 5.41) is 12.7. The quantitative estimate of drug-likeness (QED) is 0.491. The van der Waals surface area contributed by atoms with Gasteiger partial charge < -0.3 is 14.7 Å². The van der Waals surface area contributed by atoms with Crippen molar-refractivity contribution in [2.24, 2.45) is 5.41 Å². The number of ether oxygens (including phenoxy) is 1. The lowest BCUT2D eigenvalue weighted by Crippen LogP contribution is -2.66. The highest BCUT2D eigenvalue weighted by Gasteiger charge is 2.47. The fourth-order valence-electron chi connectivity index (χ4n) is 6.63. The van der Waals surface area contributed by atoms with Gasteiger partial charge in [0, 0.05) is 35.0 Å². The molecule has 1 fully saturated rings. The zero-order valence-corrected chi connectivity index (χ0v) is 22.4. The topological polar surface area (TPSA) is 75.0 Å². The van der Waals surface area contributed by atoms with Gasteiger partial charge in [-0.2, -0.15) is 0 Å². The SMILES string of the molecule is CC1(C)Cc2ccc3c(c2C1)SCc1c(ccc(F)c1F)[C@@H]3N1[C@@H]2COCCN2C(=O)c2c(O)c(=O)ccn21. The number of nitrogens with zero attached hydrogens (tertiary/aromatic N) is 3. The Balaban J connectivity index is 1.53. The minimum absolute atomic E-state index is 0.0766. The Morgan fingerprint density at radius 3 is 2.67 bits per heavy atom. The first kappa shape index (κ1) is 24.7. The van der Waals surface area contributed by atoms with Gasteiger partial charge in [0.1, 0.15) is 6.17 Å². The van der Waals surface area contributed by atoms with Crippen molar-refractivity contribution in [2.45, 2.75) is 49.5 Å². The molecule has 4 aliphatic rings. The fourth-order valence-corrected chi connectivity index (χ4v) is 7.93. The Bertz CT molecular complexity index is 1620. The van der Waals surface area contributed by atoms with Gasteiger partial charge in [0.05, 0.1) is 19.3 Å². The second-order valence-corrected chi connectivity index (χ2v) is 12.4. The average Bonchev–Trinajstić information content (AvgIpc) is 3.13. The van der Waals surface area contributed by atoms with Crippen molar-refractivity contribution in [1.82, 2.24) is 9.58 Å². The number of halogens is 2. The average molecular weight is 552 g/mol. The number of morpholine rings is 1. The Kier molecular flexibility index (Phi) is 5.41. The summed E-state index contributed by atoms with van der Waals surface area (Å²) in [5.74, 6) is -2.66. The molecule has 3 aromatic rings. The third kappa shape index (κ3) is 3.57. The molecule has 39 heavy (non-hydrogen) atoms. The predicted octanol–water partition coefficient (Wildman–Crippen LogP) is 4.10. The molecule has 0 spiro atoms. The molecule has 3 aliphatic heterocycles. The van der Waals surface area contributed by atoms with E-state index in [9.17, 15) is 19.1 Å². The number of thioether (sulfide) groups is 1. The third-order valence-electron chi connectivity index (χ3n) is 8.33. The Hall–Kier alpha value is -3.37. The molecule has 0 bridgehead atoms. The van der Waals surface area contributed by atoms with E-state index in [4.69, 9.17) is 4.74 Å². The summed E-state index contributed by atoms with van der Waals surface area (Å²) >= 11 is 1.51. The molecule has 7 nitrogen and oxygen atoms in total. The zero-order chi connectivity index (χ0) is 27.2. The summed E-state index contributed by atoms with van der Waals surface area (Å²) in [6, 6.07) is 7.48. The molecule has 1 aliphatic carbocycles. The summed E-state index contributed by atoms with van der Waals surface area (Å²) in [6.45, 7) is 5.20. The van der Waals surface area contributed by atoms with E-state index in [0.717, 1.165) is 29.4 Å². The van der Waals surface area contributed by atoms with Crippen LogP contribution in [0.4, 0.5) is 8.78 Å². The van der Waals surface area contributed by atoms with Crippen LogP contribution in [0.15, 0.2) is 46.2 Å². The number of aromatic hydroxyl groups is 1. The van der Waals surface area contributed by atoms with Crippen LogP contribution >= 0.6 is 11.8 Å². The van der Waals surface area contributed by atoms with Gasteiger partial charge in [-0.25, -0.2) is 8.78 Å². The number of pyridine rings is 1. The number of fused-ring (bicyclic) bond motifs is 6. The minimum Gasteiger partial charge on any atom is -0.502 e. The lowest BCUT2D eigenvalue weighted by atomic mass is 9.90. The normalized spacial score (nSPS) is 22.9. The highest BCUT2D eigenvalue weighted by molar-refractivity contribution is 7.98. The molecular formula is C29H27F2N3O4S. The molecule has 10 heteroatoms. The van der Waals surface area contributed by atoms with Gasteiger partial charge in [0.15, 0.2) is 23.1 Å². The van der Waals surface area contributed by atoms with E-state index in [1.54, 1.807) is 11.0 Å². The van der Waals surface area contributed by atoms with E-state index in [2.05, 4.69) is 26.0 Å². The van der Waals surface area contributed by atoms with E-state index in [-0.39, 0.29) is 35.6 Å². The van der Waals surface area contributed by atoms with Gasteiger partial charge in [-0.05, 0) is 46.6 Å². The van der Waals surface area contributed by atoms with E-state index in [1.165, 1.54) is 39.8 Å². The maximum Gasteiger partial charge on any atom is 0.278 e. The first-order valence-corrected chi connectivity index (χ1v) is 14.0. The monoisotopic (exact) mass is 551 g/mol. The number of aromatic nitrogens is 1. The van der Waals surface area contributed by atoms with Crippen molar-refractivity contribution < 1.29 is 23.4 Å². The summed E-state index contributed by atoms with van der Waals surface area (Å²) in [5.41, 5.74) is 3.48. The Morgan fingerprint density at radius 1 is 1.05 bits per heavy atom. The molecule has 1 N–H and O–H groups in total. The molecule has 4 heterocycles. The number of carbonyl (C=O) groups excluding carboxylic acids is 1. The van der Waals surface area contributed by atoms with Crippen molar-refractivity contribution in [3.63, 3.8) is 0 Å². The Morgan fingerprint density at radius 2 is 1.85 bits per heavy atom. The summed E-state index contributed by atoms with van der Waals surface area (Å²) in [4.78, 5) is 28.6. The second-order valence-electron chi connectivity index (χ2n) is 11.4. The third-order valence-corrected chi connectivity index (χ3v) is 9.54. The van der Waals surface area contributed by atoms with E-state index in [0.29, 0.717) is 12.2 Å². The van der Waals surface area contributed by atoms with Gasteiger partial charge in [-0.15, -0.1) is 11.8 Å². The van der Waals surface area contributed by atoms with Gasteiger partial charge >= 0.3 is 0 Å². The van der Waals surface area contributed by atoms with Crippen LogP contribution in [-0.4, -0.2) is 46.5 Å². The van der Waals surface area contributed by atoms with Gasteiger partial charge in [0.2, 0.25) is 5.43 Å². The summed E-state index contributed by atoms with van der Waals surface area (Å²) in [7, 11) is 0. The summed E-state index contributed by atoms with van der Waals surface area (Å²) in [6.07, 6.45) is 2.65. The molecule has 2 atom stereocenters. The molecule has 7 rings (SSSR count). The van der Waals surface area contributed by atoms with Gasteiger partial charge in [-0.1, -0.05) is 32.0 Å². The first-order chi connectivity index (χ1) is 18.7. The van der Waals surface area contributed by atoms with Crippen LogP contribution in [0.25, 0.3) is 0 Å². The number of hydrogen-bond acceptors (Lipinski definition) is 6. The number of carbonyl (C=O) groups is 1. The van der Waals surface area contributed by atoms with Crippen molar-refractivity contribution in [3.05, 3.63) is 91.9 Å². The van der Waals surface area contributed by atoms with Gasteiger partial charge in [0.25, 0.3) is 5.91 Å². The van der Waals surface area contributed by atoms with E-state index >= 15 is 4.39 Å². The van der Waals surface area contributed by atoms with Gasteiger partial charge in [-0.3, -0.25) is 19.3 Å². The largest absolute Gasteiger partial charge is 0.502 e. The lowest BCUT2D eigenvalue weighted by Gasteiger charge is -2.51. The molecule has 0 radical (unpaired) electrons. The van der Waals surface area contributed by atoms with Crippen molar-refractivity contribution in [2.75, 3.05) is 24.8 Å². The number of rotatable bonds is 1. The van der Waals surface area contributed by atoms with Crippen LogP contribution in [0.2, 0.25) is 0 Å². The van der Waals surface area contributed by atoms with Crippen molar-refractivity contribution in [1.29, 1.82) is 0 Å². The molecule has 1 aromatic heterocycles. The van der Waals surface area contributed by atoms with Crippen LogP contribution < -0.4 is 10.4 Å². The second kappa shape index (κ2) is 8.56. The zero-order valence-electron chi connectivity index (χ0n) is 21.5. The van der Waals surface area contributed by atoms with Crippen LogP contribution in [-0.2, 0) is 23.3 Å². The fraction of sp³-hybridized carbons (Fsp3) is 0.379. The summed E-state index contributed by atoms with van der Waals surface area (Å²) < 4.78 is 37.3. The standard InChI is InChI=1S/C29H27F2N3O4S/c1-29(2)11-15-3-4-17-24(16-5-6-20(30)23(31)19(16)14-39-27(17)18(15)12-29)34-22-13-38-10-9-32(22)28(37)25-26(36)21(35)7-8-33(25)34/h3-8,22,24,36H,9-14H2,1-2H3/t22-,24+/m1/s1. The van der Waals surface area contributed by atoms with E-state index < -0.39 is 40.9 Å². The molecule has 1 saturated heterocycles. The molecule has 0 unspecified atom stereocenters. The molecule has 202 valence electrons. The van der Waals surface area contributed by atoms with Crippen LogP contribution in [0, 0.1) is 17.0 Å². The maximum absolute atomic E-state index is 15.4. The maximum atomic E-state index is 15.4. The molecule has 2 aromatic carbocycles. The predicted molar refractivity (Wildman–Crippen MR) is 142 cm³/mol.